The quantitative estimate of drug-likeness (QED) is 0.668. The van der Waals surface area contributed by atoms with Gasteiger partial charge >= 0.3 is 0 Å². The molecule has 0 fully saturated rings. The number of pyridine rings is 1. The first-order valence-electron chi connectivity index (χ1n) is 9.14. The molecule has 0 aliphatic carbocycles. The molecule has 1 aliphatic rings. The van der Waals surface area contributed by atoms with Gasteiger partial charge in [0.15, 0.2) is 0 Å². The van der Waals surface area contributed by atoms with Crippen molar-refractivity contribution in [1.29, 1.82) is 0 Å². The van der Waals surface area contributed by atoms with E-state index in [1.807, 2.05) is 73.7 Å². The molecule has 0 saturated heterocycles. The van der Waals surface area contributed by atoms with Crippen LogP contribution in [0, 0.1) is 0 Å². The number of carbonyl (C=O) groups is 1. The Balaban J connectivity index is 1.70. The minimum Gasteiger partial charge on any atom is -0.348 e. The third-order valence-corrected chi connectivity index (χ3v) is 5.14. The van der Waals surface area contributed by atoms with Gasteiger partial charge < -0.3 is 10.6 Å². The highest BCUT2D eigenvalue weighted by atomic mass is 35.5. The van der Waals surface area contributed by atoms with E-state index in [9.17, 15) is 4.79 Å². The average Bonchev–Trinajstić information content (AvgIpc) is 2.72. The molecule has 140 valence electrons. The second-order valence-corrected chi connectivity index (χ2v) is 7.19. The van der Waals surface area contributed by atoms with Crippen molar-refractivity contribution in [1.82, 2.24) is 10.3 Å². The molecule has 5 heteroatoms. The van der Waals surface area contributed by atoms with Crippen LogP contribution in [-0.2, 0) is 11.3 Å². The molecule has 0 saturated carbocycles. The normalized spacial score (nSPS) is 15.6. The van der Waals surface area contributed by atoms with E-state index in [2.05, 4.69) is 15.6 Å². The maximum Gasteiger partial charge on any atom is 0.250 e. The molecular formula is C23H20ClN3O. The molecule has 1 unspecified atom stereocenters. The molecule has 3 aromatic rings. The van der Waals surface area contributed by atoms with Crippen molar-refractivity contribution in [3.8, 4) is 0 Å². The largest absolute Gasteiger partial charge is 0.348 e. The molecule has 1 aromatic heterocycles. The Morgan fingerprint density at radius 1 is 1.07 bits per heavy atom. The zero-order chi connectivity index (χ0) is 19.5. The van der Waals surface area contributed by atoms with Gasteiger partial charge in [-0.1, -0.05) is 60.1 Å². The number of hydrogen-bond donors (Lipinski definition) is 2. The Bertz CT molecular complexity index is 1030. The molecule has 28 heavy (non-hydrogen) atoms. The molecule has 0 bridgehead atoms. The summed E-state index contributed by atoms with van der Waals surface area (Å²) in [5.41, 5.74) is 4.53. The van der Waals surface area contributed by atoms with E-state index in [0.29, 0.717) is 17.1 Å². The van der Waals surface area contributed by atoms with Crippen LogP contribution in [0.2, 0.25) is 5.02 Å². The van der Waals surface area contributed by atoms with Crippen LogP contribution in [0.3, 0.4) is 0 Å². The van der Waals surface area contributed by atoms with Crippen molar-refractivity contribution in [3.63, 3.8) is 0 Å². The van der Waals surface area contributed by atoms with E-state index in [1.165, 1.54) is 0 Å². The van der Waals surface area contributed by atoms with Crippen molar-refractivity contribution in [3.05, 3.63) is 106 Å². The van der Waals surface area contributed by atoms with E-state index in [0.717, 1.165) is 28.2 Å². The number of allylic oxidation sites excluding steroid dienone is 1. The van der Waals surface area contributed by atoms with Crippen LogP contribution < -0.4 is 10.6 Å². The molecule has 4 rings (SSSR count). The number of rotatable bonds is 4. The minimum atomic E-state index is -0.210. The molecule has 0 radical (unpaired) electrons. The fourth-order valence-corrected chi connectivity index (χ4v) is 3.67. The lowest BCUT2D eigenvalue weighted by Crippen LogP contribution is -2.32. The number of amides is 1. The van der Waals surface area contributed by atoms with Crippen LogP contribution >= 0.6 is 11.6 Å². The fourth-order valence-electron chi connectivity index (χ4n) is 3.55. The number of hydrogen-bond acceptors (Lipinski definition) is 3. The predicted molar refractivity (Wildman–Crippen MR) is 112 cm³/mol. The highest BCUT2D eigenvalue weighted by Crippen LogP contribution is 2.40. The number of nitrogens with one attached hydrogen (secondary N) is 2. The second kappa shape index (κ2) is 7.87. The molecule has 1 amide bonds. The topological polar surface area (TPSA) is 54.0 Å². The zero-order valence-corrected chi connectivity index (χ0v) is 16.2. The van der Waals surface area contributed by atoms with Gasteiger partial charge in [-0.15, -0.1) is 0 Å². The first-order valence-corrected chi connectivity index (χ1v) is 9.51. The second-order valence-electron chi connectivity index (χ2n) is 6.76. The number of nitrogens with zero attached hydrogens (tertiary/aromatic N) is 1. The Morgan fingerprint density at radius 3 is 2.57 bits per heavy atom. The molecule has 0 spiro atoms. The van der Waals surface area contributed by atoms with Gasteiger partial charge in [0.2, 0.25) is 5.91 Å². The highest BCUT2D eigenvalue weighted by Gasteiger charge is 2.32. The standard InChI is InChI=1S/C23H20ClN3O/c1-15-20(23(28)26-14-16-6-3-2-4-7-16)21(17-9-11-18(24)12-10-17)19-8-5-13-25-22(19)27-15/h2-13,21H,14H2,1H3,(H,25,27)(H,26,28). The third-order valence-electron chi connectivity index (χ3n) is 4.89. The van der Waals surface area contributed by atoms with Gasteiger partial charge in [0.25, 0.3) is 0 Å². The van der Waals surface area contributed by atoms with Gasteiger partial charge in [0.1, 0.15) is 5.82 Å². The van der Waals surface area contributed by atoms with Gasteiger partial charge in [0.05, 0.1) is 0 Å². The molecule has 2 aromatic carbocycles. The lowest BCUT2D eigenvalue weighted by Gasteiger charge is -2.30. The molecule has 4 nitrogen and oxygen atoms in total. The van der Waals surface area contributed by atoms with Gasteiger partial charge in [-0.25, -0.2) is 4.98 Å². The van der Waals surface area contributed by atoms with E-state index in [-0.39, 0.29) is 11.8 Å². The van der Waals surface area contributed by atoms with Gasteiger partial charge in [-0.05, 0) is 36.2 Å². The molecule has 1 aliphatic heterocycles. The minimum absolute atomic E-state index is 0.0942. The number of anilines is 1. The highest BCUT2D eigenvalue weighted by molar-refractivity contribution is 6.30. The van der Waals surface area contributed by atoms with Gasteiger partial charge in [0, 0.05) is 40.5 Å². The van der Waals surface area contributed by atoms with E-state index < -0.39 is 0 Å². The fraction of sp³-hybridized carbons (Fsp3) is 0.130. The van der Waals surface area contributed by atoms with Gasteiger partial charge in [-0.3, -0.25) is 4.79 Å². The summed E-state index contributed by atoms with van der Waals surface area (Å²) in [6.45, 7) is 2.39. The Kier molecular flexibility index (Phi) is 5.13. The van der Waals surface area contributed by atoms with Crippen molar-refractivity contribution in [2.24, 2.45) is 0 Å². The molecule has 2 heterocycles. The summed E-state index contributed by atoms with van der Waals surface area (Å²) in [5.74, 6) is 0.473. The molecule has 1 atom stereocenters. The maximum absolute atomic E-state index is 13.2. The smallest absolute Gasteiger partial charge is 0.250 e. The number of carbonyl (C=O) groups excluding carboxylic acids is 1. The predicted octanol–water partition coefficient (Wildman–Crippen LogP) is 4.88. The van der Waals surface area contributed by atoms with Crippen LogP contribution in [0.15, 0.2) is 84.2 Å². The number of aromatic nitrogens is 1. The van der Waals surface area contributed by atoms with Crippen molar-refractivity contribution in [2.75, 3.05) is 5.32 Å². The summed E-state index contributed by atoms with van der Waals surface area (Å²) in [6, 6.07) is 21.4. The Hall–Kier alpha value is -3.11. The van der Waals surface area contributed by atoms with Crippen molar-refractivity contribution in [2.45, 2.75) is 19.4 Å². The van der Waals surface area contributed by atoms with E-state index >= 15 is 0 Å². The molecule has 2 N–H and O–H groups in total. The van der Waals surface area contributed by atoms with Crippen LogP contribution in [0.5, 0.6) is 0 Å². The first kappa shape index (κ1) is 18.3. The van der Waals surface area contributed by atoms with Crippen LogP contribution in [0.4, 0.5) is 5.82 Å². The van der Waals surface area contributed by atoms with Crippen molar-refractivity contribution < 1.29 is 4.79 Å². The lowest BCUT2D eigenvalue weighted by molar-refractivity contribution is -0.117. The van der Waals surface area contributed by atoms with E-state index in [4.69, 9.17) is 11.6 Å². The SMILES string of the molecule is CC1=C(C(=O)NCc2ccccc2)C(c2ccc(Cl)cc2)c2cccnc2N1. The summed E-state index contributed by atoms with van der Waals surface area (Å²) in [5, 5.41) is 7.01. The summed E-state index contributed by atoms with van der Waals surface area (Å²) in [4.78, 5) is 17.6. The van der Waals surface area contributed by atoms with Crippen LogP contribution in [0.25, 0.3) is 0 Å². The monoisotopic (exact) mass is 389 g/mol. The summed E-state index contributed by atoms with van der Waals surface area (Å²) in [7, 11) is 0. The van der Waals surface area contributed by atoms with Crippen LogP contribution in [-0.4, -0.2) is 10.9 Å². The van der Waals surface area contributed by atoms with Crippen LogP contribution in [0.1, 0.15) is 29.5 Å². The number of benzene rings is 2. The first-order chi connectivity index (χ1) is 13.6. The summed E-state index contributed by atoms with van der Waals surface area (Å²) < 4.78 is 0. The van der Waals surface area contributed by atoms with Gasteiger partial charge in [-0.2, -0.15) is 0 Å². The maximum atomic E-state index is 13.2. The third kappa shape index (κ3) is 3.64. The Morgan fingerprint density at radius 2 is 1.82 bits per heavy atom. The van der Waals surface area contributed by atoms with Crippen molar-refractivity contribution >= 4 is 23.3 Å². The lowest BCUT2D eigenvalue weighted by atomic mass is 9.81. The zero-order valence-electron chi connectivity index (χ0n) is 15.4. The average molecular weight is 390 g/mol. The Labute approximate surface area is 169 Å². The molecular weight excluding hydrogens is 370 g/mol. The summed E-state index contributed by atoms with van der Waals surface area (Å²) >= 11 is 6.08. The number of halogens is 1. The van der Waals surface area contributed by atoms with E-state index in [1.54, 1.807) is 6.20 Å². The number of fused-ring (bicyclic) bond motifs is 1. The summed E-state index contributed by atoms with van der Waals surface area (Å²) in [6.07, 6.45) is 1.75.